The van der Waals surface area contributed by atoms with Crippen LogP contribution in [0.3, 0.4) is 0 Å². The van der Waals surface area contributed by atoms with Crippen molar-refractivity contribution < 1.29 is 28.9 Å². The third-order valence-electron chi connectivity index (χ3n) is 1.22. The van der Waals surface area contributed by atoms with Gasteiger partial charge in [-0.2, -0.15) is 0 Å². The summed E-state index contributed by atoms with van der Waals surface area (Å²) in [5, 5.41) is 0. The number of hydrogen-bond acceptors (Lipinski definition) is 2. The summed E-state index contributed by atoms with van der Waals surface area (Å²) in [6.07, 6.45) is 4.37. The van der Waals surface area contributed by atoms with Crippen molar-refractivity contribution in [3.63, 3.8) is 0 Å². The molecule has 1 N–H and O–H groups in total. The Balaban J connectivity index is 2.84. The third kappa shape index (κ3) is 8.43. The SMILES string of the molecule is CCCCCC[O][Ti](=[O])[OH]. The van der Waals surface area contributed by atoms with E-state index in [4.69, 9.17) is 3.69 Å². The van der Waals surface area contributed by atoms with E-state index in [1.165, 1.54) is 12.8 Å². The molecule has 0 bridgehead atoms. The molecule has 0 amide bonds. The standard InChI is InChI=1S/C6H13O.H2O.O.Ti/c1-2-3-4-5-6-7;;;/h2-6H2,1H3;1H2;;/q-1;;;+2/p-1. The van der Waals surface area contributed by atoms with Gasteiger partial charge in [-0.3, -0.25) is 0 Å². The van der Waals surface area contributed by atoms with Gasteiger partial charge >= 0.3 is 68.2 Å². The van der Waals surface area contributed by atoms with Gasteiger partial charge in [0.05, 0.1) is 0 Å². The van der Waals surface area contributed by atoms with Crippen LogP contribution in [0.25, 0.3) is 0 Å². The van der Waals surface area contributed by atoms with Crippen LogP contribution in [0.5, 0.6) is 0 Å². The molecule has 0 aromatic rings. The van der Waals surface area contributed by atoms with Crippen LogP contribution in [-0.2, 0) is 25.3 Å². The topological polar surface area (TPSA) is 46.5 Å². The predicted octanol–water partition coefficient (Wildman–Crippen LogP) is 1.37. The summed E-state index contributed by atoms with van der Waals surface area (Å²) in [5.41, 5.74) is 0. The average molecular weight is 182 g/mol. The van der Waals surface area contributed by atoms with Crippen molar-refractivity contribution in [3.05, 3.63) is 0 Å². The van der Waals surface area contributed by atoms with Gasteiger partial charge in [0.2, 0.25) is 0 Å². The predicted molar refractivity (Wildman–Crippen MR) is 33.0 cm³/mol. The van der Waals surface area contributed by atoms with Gasteiger partial charge in [-0.15, -0.1) is 0 Å². The van der Waals surface area contributed by atoms with Crippen molar-refractivity contribution in [1.29, 1.82) is 0 Å². The van der Waals surface area contributed by atoms with E-state index in [1.54, 1.807) is 0 Å². The molecule has 10 heavy (non-hydrogen) atoms. The van der Waals surface area contributed by atoms with E-state index in [1.807, 2.05) is 0 Å². The van der Waals surface area contributed by atoms with Crippen LogP contribution in [0.4, 0.5) is 0 Å². The molecule has 0 aliphatic heterocycles. The van der Waals surface area contributed by atoms with Crippen LogP contribution in [0.15, 0.2) is 0 Å². The minimum atomic E-state index is -3.20. The number of unbranched alkanes of at least 4 members (excludes halogenated alkanes) is 3. The van der Waals surface area contributed by atoms with Crippen LogP contribution >= 0.6 is 0 Å². The Morgan fingerprint density at radius 1 is 1.40 bits per heavy atom. The van der Waals surface area contributed by atoms with E-state index in [0.717, 1.165) is 12.8 Å². The summed E-state index contributed by atoms with van der Waals surface area (Å²) < 4.78 is 22.9. The van der Waals surface area contributed by atoms with Crippen LogP contribution in [-0.4, -0.2) is 10.3 Å². The molecule has 0 fully saturated rings. The van der Waals surface area contributed by atoms with Gasteiger partial charge in [-0.25, -0.2) is 0 Å². The van der Waals surface area contributed by atoms with Crippen LogP contribution in [0.1, 0.15) is 32.6 Å². The molecule has 0 atom stereocenters. The van der Waals surface area contributed by atoms with E-state index in [9.17, 15) is 3.32 Å². The van der Waals surface area contributed by atoms with E-state index in [-0.39, 0.29) is 0 Å². The molecule has 0 unspecified atom stereocenters. The second kappa shape index (κ2) is 7.54. The van der Waals surface area contributed by atoms with Crippen LogP contribution in [0, 0.1) is 0 Å². The molecule has 0 spiro atoms. The summed E-state index contributed by atoms with van der Waals surface area (Å²) in [6, 6.07) is 0. The number of hydrogen-bond donors (Lipinski definition) is 1. The zero-order valence-corrected chi connectivity index (χ0v) is 7.86. The minimum absolute atomic E-state index is 0.454. The maximum atomic E-state index is 10.1. The fourth-order valence-electron chi connectivity index (χ4n) is 0.688. The molecule has 0 saturated heterocycles. The molecule has 0 aromatic heterocycles. The summed E-state index contributed by atoms with van der Waals surface area (Å²) in [6.45, 7) is 2.58. The average Bonchev–Trinajstić information content (AvgIpc) is 1.87. The van der Waals surface area contributed by atoms with Crippen LogP contribution in [0.2, 0.25) is 0 Å². The van der Waals surface area contributed by atoms with Crippen molar-refractivity contribution in [3.8, 4) is 0 Å². The summed E-state index contributed by atoms with van der Waals surface area (Å²) in [4.78, 5) is 0. The summed E-state index contributed by atoms with van der Waals surface area (Å²) in [7, 11) is 0. The zero-order chi connectivity index (χ0) is 7.82. The van der Waals surface area contributed by atoms with Gasteiger partial charge in [-0.1, -0.05) is 0 Å². The molecule has 60 valence electrons. The van der Waals surface area contributed by atoms with Gasteiger partial charge in [0.25, 0.3) is 0 Å². The van der Waals surface area contributed by atoms with Gasteiger partial charge in [0, 0.05) is 0 Å². The fraction of sp³-hybridized carbons (Fsp3) is 1.00. The molecule has 0 heterocycles. The van der Waals surface area contributed by atoms with E-state index < -0.39 is 18.6 Å². The first-order chi connectivity index (χ1) is 4.77. The summed E-state index contributed by atoms with van der Waals surface area (Å²) in [5.74, 6) is 0. The third-order valence-corrected chi connectivity index (χ3v) is 1.93. The monoisotopic (exact) mass is 182 g/mol. The van der Waals surface area contributed by atoms with E-state index >= 15 is 0 Å². The van der Waals surface area contributed by atoms with Gasteiger partial charge < -0.3 is 0 Å². The maximum absolute atomic E-state index is 10.1. The van der Waals surface area contributed by atoms with E-state index in [0.29, 0.717) is 6.61 Å². The molecule has 0 rings (SSSR count). The van der Waals surface area contributed by atoms with Crippen molar-refractivity contribution in [2.45, 2.75) is 32.6 Å². The Labute approximate surface area is 68.5 Å². The van der Waals surface area contributed by atoms with Crippen molar-refractivity contribution in [1.82, 2.24) is 0 Å². The first kappa shape index (κ1) is 10.4. The second-order valence-corrected chi connectivity index (χ2v) is 3.46. The Hall–Kier alpha value is 0.434. The van der Waals surface area contributed by atoms with Crippen molar-refractivity contribution >= 4 is 0 Å². The molecule has 3 nitrogen and oxygen atoms in total. The molecular weight excluding hydrogens is 168 g/mol. The zero-order valence-electron chi connectivity index (χ0n) is 6.30. The number of rotatable bonds is 6. The first-order valence-electron chi connectivity index (χ1n) is 3.63. The Morgan fingerprint density at radius 2 is 2.10 bits per heavy atom. The Morgan fingerprint density at radius 3 is 2.60 bits per heavy atom. The van der Waals surface area contributed by atoms with E-state index in [2.05, 4.69) is 10.2 Å². The quantitative estimate of drug-likeness (QED) is 0.498. The normalized spacial score (nSPS) is 9.80. The van der Waals surface area contributed by atoms with Gasteiger partial charge in [0.1, 0.15) is 0 Å². The van der Waals surface area contributed by atoms with Gasteiger partial charge in [-0.05, 0) is 0 Å². The molecule has 0 radical (unpaired) electrons. The fourth-order valence-corrected chi connectivity index (χ4v) is 1.19. The summed E-state index contributed by atoms with van der Waals surface area (Å²) >= 11 is -3.20. The Kier molecular flexibility index (Phi) is 7.87. The molecule has 0 aliphatic carbocycles. The second-order valence-electron chi connectivity index (χ2n) is 2.18. The van der Waals surface area contributed by atoms with Crippen molar-refractivity contribution in [2.24, 2.45) is 0 Å². The molecule has 0 saturated carbocycles. The van der Waals surface area contributed by atoms with Crippen LogP contribution < -0.4 is 0 Å². The van der Waals surface area contributed by atoms with Crippen molar-refractivity contribution in [2.75, 3.05) is 6.61 Å². The van der Waals surface area contributed by atoms with Gasteiger partial charge in [0.15, 0.2) is 0 Å². The molecule has 0 aromatic carbocycles. The molecule has 4 heteroatoms. The molecular formula is C6H14O3Ti. The first-order valence-corrected chi connectivity index (χ1v) is 5.60. The molecule has 0 aliphatic rings. The Bertz CT molecular complexity index is 95.0.